The lowest BCUT2D eigenvalue weighted by Gasteiger charge is -2.23. The fraction of sp³-hybridized carbons (Fsp3) is 0.538. The van der Waals surface area contributed by atoms with Crippen molar-refractivity contribution < 1.29 is 0 Å². The Morgan fingerprint density at radius 1 is 1.50 bits per heavy atom. The lowest BCUT2D eigenvalue weighted by molar-refractivity contribution is 0.241. The highest BCUT2D eigenvalue weighted by Gasteiger charge is 2.28. The van der Waals surface area contributed by atoms with Crippen LogP contribution >= 0.6 is 11.3 Å². The first-order chi connectivity index (χ1) is 8.74. The van der Waals surface area contributed by atoms with E-state index in [9.17, 15) is 0 Å². The first-order valence-corrected chi connectivity index (χ1v) is 7.27. The van der Waals surface area contributed by atoms with Crippen LogP contribution in [0.1, 0.15) is 40.8 Å². The molecule has 96 valence electrons. The van der Waals surface area contributed by atoms with Crippen LogP contribution in [0.5, 0.6) is 0 Å². The van der Waals surface area contributed by atoms with Gasteiger partial charge in [0, 0.05) is 11.9 Å². The average Bonchev–Trinajstić information content (AvgIpc) is 3.02. The molecule has 1 fully saturated rings. The van der Waals surface area contributed by atoms with Crippen LogP contribution in [0.2, 0.25) is 0 Å². The van der Waals surface area contributed by atoms with Crippen molar-refractivity contribution in [2.75, 3.05) is 6.54 Å². The summed E-state index contributed by atoms with van der Waals surface area (Å²) in [6.45, 7) is 6.30. The van der Waals surface area contributed by atoms with Crippen LogP contribution in [-0.2, 0) is 6.54 Å². The van der Waals surface area contributed by atoms with E-state index in [1.54, 1.807) is 11.3 Å². The zero-order valence-electron chi connectivity index (χ0n) is 10.8. The number of aromatic nitrogens is 3. The number of hydrogen-bond donors (Lipinski definition) is 1. The van der Waals surface area contributed by atoms with Crippen LogP contribution in [0, 0.1) is 13.8 Å². The maximum atomic E-state index is 4.56. The van der Waals surface area contributed by atoms with Gasteiger partial charge in [0.2, 0.25) is 0 Å². The van der Waals surface area contributed by atoms with Gasteiger partial charge < -0.3 is 0 Å². The van der Waals surface area contributed by atoms with Gasteiger partial charge in [0.05, 0.1) is 28.6 Å². The van der Waals surface area contributed by atoms with E-state index >= 15 is 0 Å². The van der Waals surface area contributed by atoms with E-state index in [-0.39, 0.29) is 0 Å². The zero-order chi connectivity index (χ0) is 12.5. The Morgan fingerprint density at radius 2 is 2.39 bits per heavy atom. The molecule has 5 heteroatoms. The SMILES string of the molecule is Cc1nc(CN2CCC[C@@H]2c2[nH]ncc2C)cs1. The number of nitrogens with zero attached hydrogens (tertiary/aromatic N) is 3. The van der Waals surface area contributed by atoms with Gasteiger partial charge in [0.25, 0.3) is 0 Å². The second kappa shape index (κ2) is 4.82. The van der Waals surface area contributed by atoms with Crippen LogP contribution < -0.4 is 0 Å². The summed E-state index contributed by atoms with van der Waals surface area (Å²) in [5, 5.41) is 10.6. The van der Waals surface area contributed by atoms with Gasteiger partial charge in [0.1, 0.15) is 0 Å². The van der Waals surface area contributed by atoms with Crippen molar-refractivity contribution in [1.82, 2.24) is 20.1 Å². The molecule has 0 amide bonds. The monoisotopic (exact) mass is 262 g/mol. The summed E-state index contributed by atoms with van der Waals surface area (Å²) < 4.78 is 0. The molecular weight excluding hydrogens is 244 g/mol. The molecule has 4 nitrogen and oxygen atoms in total. The Balaban J connectivity index is 1.77. The Kier molecular flexibility index (Phi) is 3.18. The van der Waals surface area contributed by atoms with Gasteiger partial charge in [-0.05, 0) is 38.8 Å². The number of aromatic amines is 1. The predicted octanol–water partition coefficient (Wildman–Crippen LogP) is 2.82. The maximum Gasteiger partial charge on any atom is 0.0897 e. The van der Waals surface area contributed by atoms with Crippen molar-refractivity contribution in [2.24, 2.45) is 0 Å². The van der Waals surface area contributed by atoms with Crippen molar-refractivity contribution in [2.45, 2.75) is 39.3 Å². The number of likely N-dealkylation sites (tertiary alicyclic amines) is 1. The third kappa shape index (κ3) is 2.20. The first kappa shape index (κ1) is 11.9. The number of thiazole rings is 1. The summed E-state index contributed by atoms with van der Waals surface area (Å²) in [6.07, 6.45) is 4.39. The number of H-pyrrole nitrogens is 1. The normalized spacial score (nSPS) is 20.7. The highest BCUT2D eigenvalue weighted by molar-refractivity contribution is 7.09. The highest BCUT2D eigenvalue weighted by atomic mass is 32.1. The maximum absolute atomic E-state index is 4.56. The van der Waals surface area contributed by atoms with Gasteiger partial charge >= 0.3 is 0 Å². The number of nitrogens with one attached hydrogen (secondary N) is 1. The zero-order valence-corrected chi connectivity index (χ0v) is 11.6. The third-order valence-electron chi connectivity index (χ3n) is 3.60. The topological polar surface area (TPSA) is 44.8 Å². The lowest BCUT2D eigenvalue weighted by atomic mass is 10.1. The van der Waals surface area contributed by atoms with Gasteiger partial charge in [-0.25, -0.2) is 4.98 Å². The predicted molar refractivity (Wildman–Crippen MR) is 72.6 cm³/mol. The molecule has 1 N–H and O–H groups in total. The van der Waals surface area contributed by atoms with Gasteiger partial charge in [-0.15, -0.1) is 11.3 Å². The summed E-state index contributed by atoms with van der Waals surface area (Å²) in [6, 6.07) is 0.481. The molecule has 0 radical (unpaired) electrons. The van der Waals surface area contributed by atoms with Crippen LogP contribution in [0.25, 0.3) is 0 Å². The number of rotatable bonds is 3. The summed E-state index contributed by atoms with van der Waals surface area (Å²) in [5.41, 5.74) is 3.74. The molecule has 2 aromatic heterocycles. The Bertz CT molecular complexity index is 531. The summed E-state index contributed by atoms with van der Waals surface area (Å²) >= 11 is 1.73. The van der Waals surface area contributed by atoms with Crippen LogP contribution in [0.15, 0.2) is 11.6 Å². The second-order valence-corrected chi connectivity index (χ2v) is 6.02. The van der Waals surface area contributed by atoms with Gasteiger partial charge in [-0.2, -0.15) is 5.10 Å². The van der Waals surface area contributed by atoms with Gasteiger partial charge in [-0.1, -0.05) is 0 Å². The molecule has 0 saturated carbocycles. The summed E-state index contributed by atoms with van der Waals surface area (Å²) in [5.74, 6) is 0. The van der Waals surface area contributed by atoms with Crippen molar-refractivity contribution >= 4 is 11.3 Å². The molecule has 3 heterocycles. The molecule has 1 saturated heterocycles. The van der Waals surface area contributed by atoms with E-state index in [0.29, 0.717) is 6.04 Å². The minimum absolute atomic E-state index is 0.481. The smallest absolute Gasteiger partial charge is 0.0897 e. The Hall–Kier alpha value is -1.20. The first-order valence-electron chi connectivity index (χ1n) is 6.39. The molecule has 3 rings (SSSR count). The molecule has 1 aliphatic rings. The minimum Gasteiger partial charge on any atom is -0.289 e. The number of hydrogen-bond acceptors (Lipinski definition) is 4. The number of aryl methyl sites for hydroxylation is 2. The van der Waals surface area contributed by atoms with Gasteiger partial charge in [-0.3, -0.25) is 10.00 Å². The quantitative estimate of drug-likeness (QED) is 0.925. The van der Waals surface area contributed by atoms with Crippen LogP contribution in [0.4, 0.5) is 0 Å². The standard InChI is InChI=1S/C13H18N4S/c1-9-6-14-16-13(9)12-4-3-5-17(12)7-11-8-18-10(2)15-11/h6,8,12H,3-5,7H2,1-2H3,(H,14,16)/t12-/m1/s1. The fourth-order valence-corrected chi connectivity index (χ4v) is 3.33. The highest BCUT2D eigenvalue weighted by Crippen LogP contribution is 2.33. The Morgan fingerprint density at radius 3 is 3.06 bits per heavy atom. The average molecular weight is 262 g/mol. The van der Waals surface area contributed by atoms with Crippen molar-refractivity contribution in [3.63, 3.8) is 0 Å². The molecular formula is C13H18N4S. The molecule has 0 aliphatic carbocycles. The lowest BCUT2D eigenvalue weighted by Crippen LogP contribution is -2.23. The van der Waals surface area contributed by atoms with E-state index in [0.717, 1.165) is 18.1 Å². The van der Waals surface area contributed by atoms with Crippen molar-refractivity contribution in [3.05, 3.63) is 33.5 Å². The molecule has 2 aromatic rings. The van der Waals surface area contributed by atoms with Gasteiger partial charge in [0.15, 0.2) is 0 Å². The van der Waals surface area contributed by atoms with E-state index in [1.807, 2.05) is 6.20 Å². The second-order valence-electron chi connectivity index (χ2n) is 4.95. The minimum atomic E-state index is 0.481. The Labute approximate surface area is 111 Å². The molecule has 1 atom stereocenters. The van der Waals surface area contributed by atoms with Crippen LogP contribution in [0.3, 0.4) is 0 Å². The van der Waals surface area contributed by atoms with E-state index in [4.69, 9.17) is 0 Å². The molecule has 1 aliphatic heterocycles. The van der Waals surface area contributed by atoms with E-state index < -0.39 is 0 Å². The molecule has 0 bridgehead atoms. The fourth-order valence-electron chi connectivity index (χ4n) is 2.72. The molecule has 0 aromatic carbocycles. The van der Waals surface area contributed by atoms with E-state index in [2.05, 4.69) is 39.3 Å². The molecule has 18 heavy (non-hydrogen) atoms. The van der Waals surface area contributed by atoms with Crippen LogP contribution in [-0.4, -0.2) is 26.6 Å². The molecule has 0 unspecified atom stereocenters. The largest absolute Gasteiger partial charge is 0.289 e. The molecule has 0 spiro atoms. The van der Waals surface area contributed by atoms with Crippen molar-refractivity contribution in [3.8, 4) is 0 Å². The third-order valence-corrected chi connectivity index (χ3v) is 4.42. The summed E-state index contributed by atoms with van der Waals surface area (Å²) in [4.78, 5) is 7.07. The van der Waals surface area contributed by atoms with Crippen molar-refractivity contribution in [1.29, 1.82) is 0 Å². The summed E-state index contributed by atoms with van der Waals surface area (Å²) in [7, 11) is 0. The van der Waals surface area contributed by atoms with E-state index in [1.165, 1.54) is 29.8 Å².